The van der Waals surface area contributed by atoms with E-state index in [1.807, 2.05) is 6.07 Å². The summed E-state index contributed by atoms with van der Waals surface area (Å²) in [7, 11) is 0. The third kappa shape index (κ3) is 2.62. The maximum Gasteiger partial charge on any atom is 0.151 e. The molecule has 92 valence electrons. The maximum absolute atomic E-state index is 9.14. The summed E-state index contributed by atoms with van der Waals surface area (Å²) in [5, 5.41) is 38.8. The van der Waals surface area contributed by atoms with Gasteiger partial charge in [-0.25, -0.2) is 4.98 Å². The summed E-state index contributed by atoms with van der Waals surface area (Å²) in [6.07, 6.45) is 1.37. The van der Waals surface area contributed by atoms with Crippen LogP contribution in [0.1, 0.15) is 5.56 Å². The van der Waals surface area contributed by atoms with E-state index in [-0.39, 0.29) is 17.1 Å². The van der Waals surface area contributed by atoms with Crippen molar-refractivity contribution in [2.24, 2.45) is 0 Å². The molecule has 7 heteroatoms. The maximum atomic E-state index is 9.14. The second-order valence-electron chi connectivity index (χ2n) is 3.61. The summed E-state index contributed by atoms with van der Waals surface area (Å²) in [5.74, 6) is 0.140. The molecule has 0 aliphatic heterocycles. The Kier molecular flexibility index (Phi) is 4.23. The Balaban J connectivity index is 3.07. The fraction of sp³-hybridized carbons (Fsp3) is 0.400. The Morgan fingerprint density at radius 3 is 2.41 bits per heavy atom. The molecule has 0 fully saturated rings. The van der Waals surface area contributed by atoms with E-state index in [1.54, 1.807) is 0 Å². The van der Waals surface area contributed by atoms with Crippen LogP contribution in [0.3, 0.4) is 0 Å². The second-order valence-corrected chi connectivity index (χ2v) is 3.61. The van der Waals surface area contributed by atoms with Crippen LogP contribution in [0.2, 0.25) is 0 Å². The van der Waals surface area contributed by atoms with E-state index in [0.717, 1.165) is 0 Å². The van der Waals surface area contributed by atoms with Crippen molar-refractivity contribution in [3.63, 3.8) is 0 Å². The first-order chi connectivity index (χ1) is 8.12. The van der Waals surface area contributed by atoms with Crippen molar-refractivity contribution in [2.45, 2.75) is 5.54 Å². The average molecular weight is 238 g/mol. The number of nitrogens with zero attached hydrogens (tertiary/aromatic N) is 2. The monoisotopic (exact) mass is 238 g/mol. The van der Waals surface area contributed by atoms with Crippen molar-refractivity contribution >= 4 is 11.5 Å². The number of aliphatic hydroxyl groups excluding tert-OH is 3. The SMILES string of the molecule is N#Cc1ccnc(NC(CO)(CO)CO)c1N. The van der Waals surface area contributed by atoms with Crippen LogP contribution in [-0.2, 0) is 0 Å². The van der Waals surface area contributed by atoms with Crippen LogP contribution >= 0.6 is 0 Å². The molecule has 17 heavy (non-hydrogen) atoms. The molecule has 0 amide bonds. The number of anilines is 2. The van der Waals surface area contributed by atoms with Crippen LogP contribution in [0.5, 0.6) is 0 Å². The van der Waals surface area contributed by atoms with Crippen molar-refractivity contribution < 1.29 is 15.3 Å². The largest absolute Gasteiger partial charge is 0.395 e. The van der Waals surface area contributed by atoms with Crippen LogP contribution in [0.4, 0.5) is 11.5 Å². The smallest absolute Gasteiger partial charge is 0.151 e. The van der Waals surface area contributed by atoms with Crippen molar-refractivity contribution in [1.29, 1.82) is 5.26 Å². The standard InChI is InChI=1S/C10H14N4O3/c11-3-7-1-2-13-9(8(7)12)14-10(4-15,5-16)6-17/h1-2,15-17H,4-6,12H2,(H,13,14). The highest BCUT2D eigenvalue weighted by atomic mass is 16.3. The van der Waals surface area contributed by atoms with Gasteiger partial charge in [-0.2, -0.15) is 5.26 Å². The highest BCUT2D eigenvalue weighted by Crippen LogP contribution is 2.22. The third-order valence-corrected chi connectivity index (χ3v) is 2.40. The van der Waals surface area contributed by atoms with E-state index in [9.17, 15) is 0 Å². The summed E-state index contributed by atoms with van der Waals surface area (Å²) in [5.41, 5.74) is 4.68. The van der Waals surface area contributed by atoms with Gasteiger partial charge in [-0.3, -0.25) is 0 Å². The second kappa shape index (κ2) is 5.45. The van der Waals surface area contributed by atoms with Crippen LogP contribution in [0.15, 0.2) is 12.3 Å². The molecule has 0 radical (unpaired) electrons. The number of aliphatic hydroxyl groups is 3. The summed E-state index contributed by atoms with van der Waals surface area (Å²) in [4.78, 5) is 3.90. The van der Waals surface area contributed by atoms with Gasteiger partial charge in [0.15, 0.2) is 5.82 Å². The summed E-state index contributed by atoms with van der Waals surface area (Å²) >= 11 is 0. The molecule has 0 spiro atoms. The predicted molar refractivity (Wildman–Crippen MR) is 61.0 cm³/mol. The topological polar surface area (TPSA) is 135 Å². The molecule has 7 nitrogen and oxygen atoms in total. The predicted octanol–water partition coefficient (Wildman–Crippen LogP) is -1.34. The molecule has 0 aromatic carbocycles. The van der Waals surface area contributed by atoms with Crippen molar-refractivity contribution in [2.75, 3.05) is 30.9 Å². The Morgan fingerprint density at radius 1 is 1.35 bits per heavy atom. The van der Waals surface area contributed by atoms with Gasteiger partial charge in [0.2, 0.25) is 0 Å². The quantitative estimate of drug-likeness (QED) is 0.428. The van der Waals surface area contributed by atoms with Gasteiger partial charge in [0.25, 0.3) is 0 Å². The summed E-state index contributed by atoms with van der Waals surface area (Å²) in [6.45, 7) is -1.51. The number of hydrogen-bond acceptors (Lipinski definition) is 7. The van der Waals surface area contributed by atoms with E-state index in [1.165, 1.54) is 12.3 Å². The lowest BCUT2D eigenvalue weighted by molar-refractivity contribution is 0.0831. The molecule has 0 saturated heterocycles. The van der Waals surface area contributed by atoms with Crippen molar-refractivity contribution in [1.82, 2.24) is 4.98 Å². The van der Waals surface area contributed by atoms with Crippen LogP contribution < -0.4 is 11.1 Å². The first-order valence-electron chi connectivity index (χ1n) is 4.88. The minimum absolute atomic E-state index is 0.106. The van der Waals surface area contributed by atoms with Crippen LogP contribution in [-0.4, -0.2) is 45.7 Å². The zero-order valence-corrected chi connectivity index (χ0v) is 9.09. The number of nitriles is 1. The Hall–Kier alpha value is -1.88. The van der Waals surface area contributed by atoms with Gasteiger partial charge in [-0.15, -0.1) is 0 Å². The first-order valence-corrected chi connectivity index (χ1v) is 4.88. The molecule has 0 atom stereocenters. The Morgan fingerprint density at radius 2 is 1.94 bits per heavy atom. The van der Waals surface area contributed by atoms with Gasteiger partial charge in [0, 0.05) is 6.20 Å². The van der Waals surface area contributed by atoms with E-state index in [4.69, 9.17) is 26.3 Å². The number of aromatic nitrogens is 1. The van der Waals surface area contributed by atoms with E-state index in [0.29, 0.717) is 0 Å². The van der Waals surface area contributed by atoms with Gasteiger partial charge in [-0.1, -0.05) is 0 Å². The Bertz CT molecular complexity index is 418. The molecule has 0 aliphatic carbocycles. The number of hydrogen-bond donors (Lipinski definition) is 5. The van der Waals surface area contributed by atoms with Crippen LogP contribution in [0, 0.1) is 11.3 Å². The van der Waals surface area contributed by atoms with E-state index in [2.05, 4.69) is 10.3 Å². The molecule has 1 aromatic rings. The lowest BCUT2D eigenvalue weighted by Crippen LogP contribution is -2.49. The zero-order valence-electron chi connectivity index (χ0n) is 9.09. The number of rotatable bonds is 5. The molecular weight excluding hydrogens is 224 g/mol. The summed E-state index contributed by atoms with van der Waals surface area (Å²) in [6, 6.07) is 3.33. The number of nitrogen functional groups attached to an aromatic ring is 1. The van der Waals surface area contributed by atoms with Gasteiger partial charge >= 0.3 is 0 Å². The lowest BCUT2D eigenvalue weighted by atomic mass is 10.0. The van der Waals surface area contributed by atoms with E-state index < -0.39 is 25.4 Å². The van der Waals surface area contributed by atoms with Gasteiger partial charge in [0.1, 0.15) is 11.6 Å². The van der Waals surface area contributed by atoms with Crippen molar-refractivity contribution in [3.8, 4) is 6.07 Å². The Labute approximate surface area is 98.1 Å². The fourth-order valence-electron chi connectivity index (χ4n) is 1.19. The first kappa shape index (κ1) is 13.2. The molecule has 6 N–H and O–H groups in total. The molecular formula is C10H14N4O3. The lowest BCUT2D eigenvalue weighted by Gasteiger charge is -2.29. The van der Waals surface area contributed by atoms with E-state index >= 15 is 0 Å². The molecule has 1 aromatic heterocycles. The molecule has 0 bridgehead atoms. The highest BCUT2D eigenvalue weighted by Gasteiger charge is 2.29. The normalized spacial score (nSPS) is 10.9. The number of nitrogens with one attached hydrogen (secondary N) is 1. The van der Waals surface area contributed by atoms with Crippen molar-refractivity contribution in [3.05, 3.63) is 17.8 Å². The minimum atomic E-state index is -1.32. The molecule has 0 aliphatic rings. The van der Waals surface area contributed by atoms with Gasteiger partial charge < -0.3 is 26.4 Å². The van der Waals surface area contributed by atoms with Crippen LogP contribution in [0.25, 0.3) is 0 Å². The molecule has 0 unspecified atom stereocenters. The third-order valence-electron chi connectivity index (χ3n) is 2.40. The van der Waals surface area contributed by atoms with Gasteiger partial charge in [0.05, 0.1) is 31.1 Å². The fourth-order valence-corrected chi connectivity index (χ4v) is 1.19. The molecule has 1 rings (SSSR count). The minimum Gasteiger partial charge on any atom is -0.395 e. The highest BCUT2D eigenvalue weighted by molar-refractivity contribution is 5.69. The number of pyridine rings is 1. The molecule has 0 saturated carbocycles. The number of nitrogens with two attached hydrogens (primary N) is 1. The zero-order chi connectivity index (χ0) is 12.9. The molecule has 1 heterocycles. The average Bonchev–Trinajstić information content (AvgIpc) is 2.38. The van der Waals surface area contributed by atoms with Gasteiger partial charge in [-0.05, 0) is 6.07 Å². The summed E-state index contributed by atoms with van der Waals surface area (Å²) < 4.78 is 0.